The second-order valence-electron chi connectivity index (χ2n) is 7.46. The number of nitrogens with one attached hydrogen (secondary N) is 1. The molecular formula is C21H34N4O2. The number of aliphatic imine (C=N–C) groups is 1. The number of hydrogen-bond acceptors (Lipinski definition) is 4. The molecule has 2 atom stereocenters. The van der Waals surface area contributed by atoms with Crippen LogP contribution in [-0.2, 0) is 16.0 Å². The minimum absolute atomic E-state index is 0.164. The molecule has 2 heterocycles. The van der Waals surface area contributed by atoms with E-state index in [0.717, 1.165) is 71.2 Å². The fraction of sp³-hybridized carbons (Fsp3) is 0.667. The van der Waals surface area contributed by atoms with Crippen LogP contribution in [0.2, 0.25) is 0 Å². The molecule has 0 bridgehead atoms. The Labute approximate surface area is 163 Å². The number of morpholine rings is 1. The molecule has 3 rings (SSSR count). The molecular weight excluding hydrogens is 340 g/mol. The average molecular weight is 375 g/mol. The van der Waals surface area contributed by atoms with E-state index in [0.29, 0.717) is 0 Å². The van der Waals surface area contributed by atoms with Gasteiger partial charge in [0, 0.05) is 39.8 Å². The first kappa shape index (κ1) is 20.1. The highest BCUT2D eigenvalue weighted by Gasteiger charge is 2.32. The second kappa shape index (κ2) is 10.6. The fourth-order valence-electron chi connectivity index (χ4n) is 3.84. The van der Waals surface area contributed by atoms with E-state index in [1.807, 2.05) is 7.05 Å². The molecule has 2 aliphatic heterocycles. The van der Waals surface area contributed by atoms with Crippen molar-refractivity contribution in [1.82, 2.24) is 15.1 Å². The lowest BCUT2D eigenvalue weighted by Gasteiger charge is -2.37. The molecule has 1 aromatic rings. The highest BCUT2D eigenvalue weighted by atomic mass is 16.5. The van der Waals surface area contributed by atoms with Crippen LogP contribution in [0.1, 0.15) is 24.8 Å². The Bertz CT molecular complexity index is 575. The van der Waals surface area contributed by atoms with Gasteiger partial charge in [0.2, 0.25) is 0 Å². The minimum atomic E-state index is 0.164. The molecule has 150 valence electrons. The van der Waals surface area contributed by atoms with Crippen LogP contribution in [0.5, 0.6) is 0 Å². The summed E-state index contributed by atoms with van der Waals surface area (Å²) >= 11 is 0. The Balaban J connectivity index is 1.37. The summed E-state index contributed by atoms with van der Waals surface area (Å²) in [4.78, 5) is 9.15. The third-order valence-corrected chi connectivity index (χ3v) is 5.28. The Morgan fingerprint density at radius 3 is 2.78 bits per heavy atom. The molecule has 6 nitrogen and oxygen atoms in total. The van der Waals surface area contributed by atoms with Gasteiger partial charge in [-0.3, -0.25) is 4.99 Å². The number of nitrogens with zero attached hydrogens (tertiary/aromatic N) is 3. The van der Waals surface area contributed by atoms with Gasteiger partial charge in [0.15, 0.2) is 5.96 Å². The monoisotopic (exact) mass is 374 g/mol. The number of hydrogen-bond donors (Lipinski definition) is 1. The van der Waals surface area contributed by atoms with Crippen LogP contribution < -0.4 is 5.32 Å². The van der Waals surface area contributed by atoms with Gasteiger partial charge < -0.3 is 24.6 Å². The van der Waals surface area contributed by atoms with Crippen molar-refractivity contribution in [2.45, 2.75) is 38.0 Å². The van der Waals surface area contributed by atoms with Gasteiger partial charge in [0.1, 0.15) is 6.10 Å². The lowest BCUT2D eigenvalue weighted by molar-refractivity contribution is -0.0816. The van der Waals surface area contributed by atoms with Crippen molar-refractivity contribution >= 4 is 5.96 Å². The number of benzene rings is 1. The summed E-state index contributed by atoms with van der Waals surface area (Å²) in [6, 6.07) is 10.6. The molecule has 0 spiro atoms. The van der Waals surface area contributed by atoms with Gasteiger partial charge in [-0.1, -0.05) is 30.3 Å². The molecule has 0 aromatic heterocycles. The molecule has 27 heavy (non-hydrogen) atoms. The van der Waals surface area contributed by atoms with Crippen molar-refractivity contribution in [3.05, 3.63) is 35.9 Å². The number of rotatable bonds is 7. The Hall–Kier alpha value is -1.63. The van der Waals surface area contributed by atoms with Crippen molar-refractivity contribution in [3.63, 3.8) is 0 Å². The third-order valence-electron chi connectivity index (χ3n) is 5.28. The first-order valence-corrected chi connectivity index (χ1v) is 10.2. The van der Waals surface area contributed by atoms with Crippen LogP contribution in [0, 0.1) is 0 Å². The topological polar surface area (TPSA) is 49.3 Å². The predicted octanol–water partition coefficient (Wildman–Crippen LogP) is 1.96. The molecule has 0 amide bonds. The molecule has 2 saturated heterocycles. The molecule has 0 aliphatic carbocycles. The zero-order valence-electron chi connectivity index (χ0n) is 16.8. The van der Waals surface area contributed by atoms with Gasteiger partial charge in [-0.25, -0.2) is 0 Å². The molecule has 2 fully saturated rings. The van der Waals surface area contributed by atoms with Gasteiger partial charge in [0.25, 0.3) is 0 Å². The van der Waals surface area contributed by atoms with E-state index < -0.39 is 0 Å². The van der Waals surface area contributed by atoms with Crippen LogP contribution in [0.4, 0.5) is 0 Å². The van der Waals surface area contributed by atoms with Crippen molar-refractivity contribution in [3.8, 4) is 0 Å². The van der Waals surface area contributed by atoms with E-state index in [1.165, 1.54) is 5.56 Å². The van der Waals surface area contributed by atoms with Gasteiger partial charge in [-0.2, -0.15) is 0 Å². The van der Waals surface area contributed by atoms with Gasteiger partial charge in [0.05, 0.1) is 12.7 Å². The lowest BCUT2D eigenvalue weighted by atomic mass is 10.1. The summed E-state index contributed by atoms with van der Waals surface area (Å²) in [6.45, 7) is 6.32. The lowest BCUT2D eigenvalue weighted by Crippen LogP contribution is -2.53. The van der Waals surface area contributed by atoms with Gasteiger partial charge in [-0.05, 0) is 38.4 Å². The number of ether oxygens (including phenoxy) is 2. The van der Waals surface area contributed by atoms with Gasteiger partial charge in [-0.15, -0.1) is 0 Å². The van der Waals surface area contributed by atoms with Crippen LogP contribution >= 0.6 is 0 Å². The van der Waals surface area contributed by atoms with Crippen LogP contribution in [0.25, 0.3) is 0 Å². The van der Waals surface area contributed by atoms with E-state index >= 15 is 0 Å². The summed E-state index contributed by atoms with van der Waals surface area (Å²) in [5.41, 5.74) is 1.36. The van der Waals surface area contributed by atoms with E-state index in [1.54, 1.807) is 0 Å². The maximum Gasteiger partial charge on any atom is 0.193 e. The Kier molecular flexibility index (Phi) is 7.93. The van der Waals surface area contributed by atoms with Crippen LogP contribution in [0.3, 0.4) is 0 Å². The van der Waals surface area contributed by atoms with Crippen molar-refractivity contribution in [2.24, 2.45) is 4.99 Å². The fourth-order valence-corrected chi connectivity index (χ4v) is 3.84. The van der Waals surface area contributed by atoms with E-state index in [-0.39, 0.29) is 12.2 Å². The Morgan fingerprint density at radius 2 is 2.04 bits per heavy atom. The summed E-state index contributed by atoms with van der Waals surface area (Å²) in [5.74, 6) is 0.979. The van der Waals surface area contributed by atoms with Crippen LogP contribution in [-0.4, -0.2) is 81.5 Å². The summed E-state index contributed by atoms with van der Waals surface area (Å²) < 4.78 is 11.8. The third kappa shape index (κ3) is 6.19. The molecule has 2 unspecified atom stereocenters. The highest BCUT2D eigenvalue weighted by Crippen LogP contribution is 2.21. The molecule has 2 aliphatic rings. The largest absolute Gasteiger partial charge is 0.375 e. The SMILES string of the molecule is CN=C(NCCCN(C)Cc1ccccc1)N1CCOC(C2CCCO2)C1. The highest BCUT2D eigenvalue weighted by molar-refractivity contribution is 5.80. The quantitative estimate of drug-likeness (QED) is 0.449. The van der Waals surface area contributed by atoms with Crippen LogP contribution in [0.15, 0.2) is 35.3 Å². The molecule has 0 saturated carbocycles. The maximum atomic E-state index is 5.94. The maximum absolute atomic E-state index is 5.94. The standard InChI is InChI=1S/C21H34N4O2/c1-22-21(25-13-15-27-20(17-25)19-10-6-14-26-19)23-11-7-12-24(2)16-18-8-4-3-5-9-18/h3-5,8-9,19-20H,6-7,10-17H2,1-2H3,(H,22,23). The van der Waals surface area contributed by atoms with Crippen molar-refractivity contribution in [1.29, 1.82) is 0 Å². The van der Waals surface area contributed by atoms with E-state index in [2.05, 4.69) is 57.5 Å². The molecule has 0 radical (unpaired) electrons. The second-order valence-corrected chi connectivity index (χ2v) is 7.46. The first-order valence-electron chi connectivity index (χ1n) is 10.2. The zero-order valence-corrected chi connectivity index (χ0v) is 16.8. The average Bonchev–Trinajstić information content (AvgIpc) is 3.24. The molecule has 1 N–H and O–H groups in total. The Morgan fingerprint density at radius 1 is 1.22 bits per heavy atom. The van der Waals surface area contributed by atoms with Gasteiger partial charge >= 0.3 is 0 Å². The molecule has 1 aromatic carbocycles. The zero-order chi connectivity index (χ0) is 18.9. The summed E-state index contributed by atoms with van der Waals surface area (Å²) in [7, 11) is 4.04. The smallest absolute Gasteiger partial charge is 0.193 e. The normalized spacial score (nSPS) is 23.8. The van der Waals surface area contributed by atoms with E-state index in [9.17, 15) is 0 Å². The molecule has 6 heteroatoms. The summed E-state index contributed by atoms with van der Waals surface area (Å²) in [5, 5.41) is 3.52. The summed E-state index contributed by atoms with van der Waals surface area (Å²) in [6.07, 6.45) is 3.75. The first-order chi connectivity index (χ1) is 13.3. The van der Waals surface area contributed by atoms with E-state index in [4.69, 9.17) is 9.47 Å². The minimum Gasteiger partial charge on any atom is -0.375 e. The van der Waals surface area contributed by atoms with Crippen molar-refractivity contribution in [2.75, 3.05) is 53.5 Å². The predicted molar refractivity (Wildman–Crippen MR) is 109 cm³/mol. The van der Waals surface area contributed by atoms with Crippen molar-refractivity contribution < 1.29 is 9.47 Å². The number of guanidine groups is 1.